The van der Waals surface area contributed by atoms with E-state index in [0.717, 1.165) is 30.8 Å². The predicted octanol–water partition coefficient (Wildman–Crippen LogP) is 2.23. The molecule has 2 amide bonds. The summed E-state index contributed by atoms with van der Waals surface area (Å²) in [6.45, 7) is 10.3. The Kier molecular flexibility index (Phi) is 6.59. The third-order valence-corrected chi connectivity index (χ3v) is 5.17. The highest BCUT2D eigenvalue weighted by Gasteiger charge is 2.24. The van der Waals surface area contributed by atoms with Crippen LogP contribution in [0.2, 0.25) is 0 Å². The second-order valence-electron chi connectivity index (χ2n) is 7.66. The molecule has 3 N–H and O–H groups in total. The van der Waals surface area contributed by atoms with Crippen LogP contribution >= 0.6 is 11.3 Å². The lowest BCUT2D eigenvalue weighted by Crippen LogP contribution is -2.42. The van der Waals surface area contributed by atoms with E-state index < -0.39 is 5.41 Å². The molecular weight excluding hydrogens is 338 g/mol. The molecule has 0 saturated carbocycles. The smallest absolute Gasteiger partial charge is 0.254 e. The minimum absolute atomic E-state index is 0.106. The lowest BCUT2D eigenvalue weighted by atomic mass is 9.96. The third-order valence-electron chi connectivity index (χ3n) is 4.20. The van der Waals surface area contributed by atoms with Crippen LogP contribution in [0.5, 0.6) is 0 Å². The molecule has 25 heavy (non-hydrogen) atoms. The van der Waals surface area contributed by atoms with E-state index in [-0.39, 0.29) is 17.9 Å². The monoisotopic (exact) mass is 367 g/mol. The van der Waals surface area contributed by atoms with E-state index in [1.54, 1.807) is 0 Å². The molecule has 1 aromatic heterocycles. The van der Waals surface area contributed by atoms with Gasteiger partial charge in [-0.25, -0.2) is 0 Å². The second-order valence-corrected chi connectivity index (χ2v) is 8.91. The molecule has 1 atom stereocenters. The summed E-state index contributed by atoms with van der Waals surface area (Å²) in [5.74, 6) is -0.281. The quantitative estimate of drug-likeness (QED) is 0.745. The van der Waals surface area contributed by atoms with Crippen LogP contribution in [-0.4, -0.2) is 54.1 Å². The molecule has 1 saturated heterocycles. The van der Waals surface area contributed by atoms with Crippen molar-refractivity contribution in [1.82, 2.24) is 10.2 Å². The number of aryl methyl sites for hydroxylation is 1. The number of hydrogen-bond acceptors (Lipinski definition) is 5. The molecule has 0 aliphatic carbocycles. The lowest BCUT2D eigenvalue weighted by molar-refractivity contribution is -0.123. The largest absolute Gasteiger partial charge is 0.392 e. The van der Waals surface area contributed by atoms with Crippen molar-refractivity contribution in [3.05, 3.63) is 16.5 Å². The summed E-state index contributed by atoms with van der Waals surface area (Å²) in [5.41, 5.74) is -0.000398. The van der Waals surface area contributed by atoms with Crippen LogP contribution in [0.4, 0.5) is 5.00 Å². The van der Waals surface area contributed by atoms with Gasteiger partial charge in [0.25, 0.3) is 5.91 Å². The van der Waals surface area contributed by atoms with E-state index in [2.05, 4.69) is 15.5 Å². The number of nitrogens with one attached hydrogen (secondary N) is 2. The van der Waals surface area contributed by atoms with Gasteiger partial charge >= 0.3 is 0 Å². The van der Waals surface area contributed by atoms with Crippen molar-refractivity contribution in [1.29, 1.82) is 0 Å². The van der Waals surface area contributed by atoms with Gasteiger partial charge in [-0.15, -0.1) is 11.3 Å². The van der Waals surface area contributed by atoms with Crippen molar-refractivity contribution in [3.8, 4) is 0 Å². The third kappa shape index (κ3) is 5.80. The molecule has 0 unspecified atom stereocenters. The molecule has 0 aromatic carbocycles. The Hall–Kier alpha value is -1.44. The van der Waals surface area contributed by atoms with Crippen LogP contribution in [0.3, 0.4) is 0 Å². The maximum atomic E-state index is 12.5. The fourth-order valence-corrected chi connectivity index (χ4v) is 3.63. The molecule has 1 aliphatic rings. The summed E-state index contributed by atoms with van der Waals surface area (Å²) < 4.78 is 0. The van der Waals surface area contributed by atoms with E-state index in [4.69, 9.17) is 0 Å². The van der Waals surface area contributed by atoms with Gasteiger partial charge in [0.1, 0.15) is 5.00 Å². The number of piperidine rings is 1. The summed E-state index contributed by atoms with van der Waals surface area (Å²) in [4.78, 5) is 27.8. The van der Waals surface area contributed by atoms with Gasteiger partial charge in [-0.2, -0.15) is 0 Å². The maximum absolute atomic E-state index is 12.5. The van der Waals surface area contributed by atoms with Crippen LogP contribution in [0.15, 0.2) is 6.07 Å². The Balaban J connectivity index is 1.91. The highest BCUT2D eigenvalue weighted by molar-refractivity contribution is 7.16. The van der Waals surface area contributed by atoms with Crippen LogP contribution in [0.25, 0.3) is 0 Å². The van der Waals surface area contributed by atoms with Gasteiger partial charge in [0, 0.05) is 29.9 Å². The zero-order valence-electron chi connectivity index (χ0n) is 15.5. The van der Waals surface area contributed by atoms with Crippen LogP contribution in [-0.2, 0) is 4.79 Å². The molecule has 1 fully saturated rings. The summed E-state index contributed by atoms with van der Waals surface area (Å²) in [5, 5.41) is 16.1. The molecule has 2 heterocycles. The molecule has 0 radical (unpaired) electrons. The highest BCUT2D eigenvalue weighted by Crippen LogP contribution is 2.29. The zero-order chi connectivity index (χ0) is 18.6. The Morgan fingerprint density at radius 1 is 1.40 bits per heavy atom. The first kappa shape index (κ1) is 19.9. The van der Waals surface area contributed by atoms with Crippen LogP contribution < -0.4 is 10.6 Å². The van der Waals surface area contributed by atoms with Crippen molar-refractivity contribution in [2.45, 2.75) is 46.6 Å². The van der Waals surface area contributed by atoms with Crippen LogP contribution in [0.1, 0.15) is 48.8 Å². The number of likely N-dealkylation sites (tertiary alicyclic amines) is 1. The van der Waals surface area contributed by atoms with Crippen molar-refractivity contribution >= 4 is 28.2 Å². The molecule has 1 aliphatic heterocycles. The number of carbonyl (C=O) groups is 2. The number of β-amino-alcohol motifs (C(OH)–C–C–N with tert-alkyl or cyclic N) is 1. The van der Waals surface area contributed by atoms with Gasteiger partial charge in [-0.05, 0) is 32.4 Å². The number of aliphatic hydroxyl groups excluding tert-OH is 1. The van der Waals surface area contributed by atoms with Crippen molar-refractivity contribution in [3.63, 3.8) is 0 Å². The van der Waals surface area contributed by atoms with Crippen LogP contribution in [0, 0.1) is 12.3 Å². The first-order valence-electron chi connectivity index (χ1n) is 8.77. The minimum atomic E-state index is -0.513. The molecule has 1 aromatic rings. The first-order valence-corrected chi connectivity index (χ1v) is 9.59. The van der Waals surface area contributed by atoms with Gasteiger partial charge in [-0.1, -0.05) is 20.8 Å². The fraction of sp³-hybridized carbons (Fsp3) is 0.667. The van der Waals surface area contributed by atoms with Gasteiger partial charge in [-0.3, -0.25) is 14.5 Å². The first-order chi connectivity index (χ1) is 11.7. The molecule has 0 spiro atoms. The Morgan fingerprint density at radius 3 is 2.76 bits per heavy atom. The number of aliphatic hydroxyl groups is 1. The number of carbonyl (C=O) groups excluding carboxylic acids is 2. The number of amides is 2. The number of rotatable bonds is 5. The normalized spacial score (nSPS) is 18.8. The summed E-state index contributed by atoms with van der Waals surface area (Å²) in [6, 6.07) is 1.81. The zero-order valence-corrected chi connectivity index (χ0v) is 16.3. The van der Waals surface area contributed by atoms with E-state index in [0.29, 0.717) is 23.7 Å². The topological polar surface area (TPSA) is 81.7 Å². The Labute approximate surface area is 153 Å². The van der Waals surface area contributed by atoms with Gasteiger partial charge in [0.05, 0.1) is 11.7 Å². The molecule has 140 valence electrons. The van der Waals surface area contributed by atoms with Gasteiger partial charge in [0.15, 0.2) is 0 Å². The molecule has 2 rings (SSSR count). The number of hydrogen-bond donors (Lipinski definition) is 3. The summed E-state index contributed by atoms with van der Waals surface area (Å²) in [6.07, 6.45) is 1.58. The second kappa shape index (κ2) is 8.29. The molecule has 7 heteroatoms. The Bertz CT molecular complexity index is 622. The van der Waals surface area contributed by atoms with E-state index >= 15 is 0 Å². The molecule has 6 nitrogen and oxygen atoms in total. The van der Waals surface area contributed by atoms with Gasteiger partial charge < -0.3 is 15.7 Å². The highest BCUT2D eigenvalue weighted by atomic mass is 32.1. The Morgan fingerprint density at radius 2 is 2.12 bits per heavy atom. The average molecular weight is 368 g/mol. The standard InChI is InChI=1S/C18H29N3O3S/c1-12-10-14(16(25-12)20-17(24)18(2,3)4)15(23)19-7-9-21-8-5-6-13(22)11-21/h10,13,22H,5-9,11H2,1-4H3,(H,19,23)(H,20,24)/t13-/m0/s1. The summed E-state index contributed by atoms with van der Waals surface area (Å²) >= 11 is 1.41. The van der Waals surface area contributed by atoms with E-state index in [9.17, 15) is 14.7 Å². The van der Waals surface area contributed by atoms with Crippen molar-refractivity contribution in [2.75, 3.05) is 31.5 Å². The SMILES string of the molecule is Cc1cc(C(=O)NCCN2CCC[C@H](O)C2)c(NC(=O)C(C)(C)C)s1. The van der Waals surface area contributed by atoms with Crippen molar-refractivity contribution in [2.24, 2.45) is 5.41 Å². The number of anilines is 1. The predicted molar refractivity (Wildman–Crippen MR) is 101 cm³/mol. The minimum Gasteiger partial charge on any atom is -0.392 e. The van der Waals surface area contributed by atoms with E-state index in [1.807, 2.05) is 33.8 Å². The average Bonchev–Trinajstić information content (AvgIpc) is 2.87. The van der Waals surface area contributed by atoms with Crippen molar-refractivity contribution < 1.29 is 14.7 Å². The number of thiophene rings is 1. The maximum Gasteiger partial charge on any atom is 0.254 e. The molecule has 0 bridgehead atoms. The molecular formula is C18H29N3O3S. The van der Waals surface area contributed by atoms with E-state index in [1.165, 1.54) is 11.3 Å². The fourth-order valence-electron chi connectivity index (χ4n) is 2.72. The summed E-state index contributed by atoms with van der Waals surface area (Å²) in [7, 11) is 0. The number of nitrogens with zero attached hydrogens (tertiary/aromatic N) is 1. The van der Waals surface area contributed by atoms with Gasteiger partial charge in [0.2, 0.25) is 5.91 Å². The lowest BCUT2D eigenvalue weighted by Gasteiger charge is -2.29.